The van der Waals surface area contributed by atoms with Crippen molar-refractivity contribution in [3.05, 3.63) is 0 Å². The summed E-state index contributed by atoms with van der Waals surface area (Å²) in [5, 5.41) is 2.86. The van der Waals surface area contributed by atoms with E-state index in [9.17, 15) is 9.59 Å². The van der Waals surface area contributed by atoms with Gasteiger partial charge < -0.3 is 10.2 Å². The van der Waals surface area contributed by atoms with Crippen molar-refractivity contribution in [1.82, 2.24) is 10.2 Å². The Hall–Kier alpha value is -1.06. The molecular formula is C14H24N2O2. The van der Waals surface area contributed by atoms with Crippen LogP contribution in [0, 0.1) is 11.8 Å². The molecule has 0 aromatic rings. The van der Waals surface area contributed by atoms with Gasteiger partial charge in [0.2, 0.25) is 11.8 Å². The van der Waals surface area contributed by atoms with Gasteiger partial charge in [0.05, 0.1) is 0 Å². The Bertz CT molecular complexity index is 365. The molecule has 3 unspecified atom stereocenters. The Morgan fingerprint density at radius 3 is 2.56 bits per heavy atom. The lowest BCUT2D eigenvalue weighted by Crippen LogP contribution is -2.68. The largest absolute Gasteiger partial charge is 0.340 e. The van der Waals surface area contributed by atoms with Crippen LogP contribution in [0.25, 0.3) is 0 Å². The third-order valence-electron chi connectivity index (χ3n) is 4.60. The molecule has 1 aliphatic carbocycles. The van der Waals surface area contributed by atoms with Gasteiger partial charge in [0.15, 0.2) is 0 Å². The van der Waals surface area contributed by atoms with Crippen molar-refractivity contribution in [2.24, 2.45) is 11.8 Å². The highest BCUT2D eigenvalue weighted by Crippen LogP contribution is 2.37. The average Bonchev–Trinajstić information content (AvgIpc) is 3.16. The van der Waals surface area contributed by atoms with E-state index in [-0.39, 0.29) is 17.9 Å². The van der Waals surface area contributed by atoms with Crippen LogP contribution in [0.1, 0.15) is 47.0 Å². The normalized spacial score (nSPS) is 34.4. The SMILES string of the molecule is CCC1(C)NC(=O)C(C)N(CC(C)C2CC2)C1=O. The molecule has 0 aromatic heterocycles. The molecule has 1 N–H and O–H groups in total. The number of hydrogen-bond acceptors (Lipinski definition) is 2. The molecule has 2 aliphatic rings. The number of rotatable bonds is 4. The van der Waals surface area contributed by atoms with Crippen molar-refractivity contribution >= 4 is 11.8 Å². The van der Waals surface area contributed by atoms with Crippen LogP contribution in [0.15, 0.2) is 0 Å². The van der Waals surface area contributed by atoms with Crippen LogP contribution in [-0.4, -0.2) is 34.8 Å². The molecule has 2 amide bonds. The van der Waals surface area contributed by atoms with Gasteiger partial charge in [0, 0.05) is 6.54 Å². The van der Waals surface area contributed by atoms with Gasteiger partial charge in [-0.25, -0.2) is 0 Å². The first kappa shape index (κ1) is 13.4. The van der Waals surface area contributed by atoms with Crippen LogP contribution in [0.2, 0.25) is 0 Å². The maximum atomic E-state index is 12.5. The minimum atomic E-state index is -0.715. The summed E-state index contributed by atoms with van der Waals surface area (Å²) < 4.78 is 0. The summed E-state index contributed by atoms with van der Waals surface area (Å²) in [5.41, 5.74) is -0.715. The molecule has 3 atom stereocenters. The summed E-state index contributed by atoms with van der Waals surface area (Å²) >= 11 is 0. The quantitative estimate of drug-likeness (QED) is 0.825. The highest BCUT2D eigenvalue weighted by Gasteiger charge is 2.46. The number of carbonyl (C=O) groups excluding carboxylic acids is 2. The van der Waals surface area contributed by atoms with Crippen LogP contribution in [0.4, 0.5) is 0 Å². The van der Waals surface area contributed by atoms with Gasteiger partial charge in [-0.15, -0.1) is 0 Å². The Labute approximate surface area is 109 Å². The lowest BCUT2D eigenvalue weighted by molar-refractivity contribution is -0.154. The molecule has 4 nitrogen and oxygen atoms in total. The maximum Gasteiger partial charge on any atom is 0.248 e. The third kappa shape index (κ3) is 2.25. The smallest absolute Gasteiger partial charge is 0.248 e. The minimum absolute atomic E-state index is 0.0260. The van der Waals surface area contributed by atoms with Crippen molar-refractivity contribution in [2.75, 3.05) is 6.54 Å². The number of nitrogens with one attached hydrogen (secondary N) is 1. The molecule has 0 radical (unpaired) electrons. The van der Waals surface area contributed by atoms with Gasteiger partial charge in [-0.05, 0) is 44.9 Å². The van der Waals surface area contributed by atoms with E-state index >= 15 is 0 Å². The predicted molar refractivity (Wildman–Crippen MR) is 69.9 cm³/mol. The van der Waals surface area contributed by atoms with Gasteiger partial charge in [0.25, 0.3) is 0 Å². The molecule has 1 aliphatic heterocycles. The fourth-order valence-electron chi connectivity index (χ4n) is 2.67. The van der Waals surface area contributed by atoms with Crippen molar-refractivity contribution in [2.45, 2.75) is 58.5 Å². The van der Waals surface area contributed by atoms with Gasteiger partial charge in [-0.1, -0.05) is 13.8 Å². The number of carbonyl (C=O) groups is 2. The van der Waals surface area contributed by atoms with E-state index in [2.05, 4.69) is 12.2 Å². The molecule has 4 heteroatoms. The molecular weight excluding hydrogens is 228 g/mol. The second kappa shape index (κ2) is 4.56. The lowest BCUT2D eigenvalue weighted by atomic mass is 9.91. The second-order valence-corrected chi connectivity index (χ2v) is 6.12. The van der Waals surface area contributed by atoms with E-state index in [4.69, 9.17) is 0 Å². The number of amides is 2. The standard InChI is InChI=1S/C14H24N2O2/c1-5-14(4)13(18)16(10(3)12(17)15-14)8-9(2)11-6-7-11/h9-11H,5-8H2,1-4H3,(H,15,17). The molecule has 0 bridgehead atoms. The molecule has 1 saturated carbocycles. The molecule has 2 rings (SSSR count). The number of piperazine rings is 1. The van der Waals surface area contributed by atoms with Crippen molar-refractivity contribution in [3.8, 4) is 0 Å². The topological polar surface area (TPSA) is 49.4 Å². The summed E-state index contributed by atoms with van der Waals surface area (Å²) in [6.45, 7) is 8.49. The molecule has 0 spiro atoms. The van der Waals surface area contributed by atoms with Crippen LogP contribution in [0.5, 0.6) is 0 Å². The molecule has 102 valence electrons. The molecule has 1 saturated heterocycles. The Balaban J connectivity index is 2.14. The third-order valence-corrected chi connectivity index (χ3v) is 4.60. The van der Waals surface area contributed by atoms with E-state index < -0.39 is 5.54 Å². The summed E-state index contributed by atoms with van der Waals surface area (Å²) in [6, 6.07) is -0.335. The second-order valence-electron chi connectivity index (χ2n) is 6.12. The van der Waals surface area contributed by atoms with E-state index in [0.29, 0.717) is 18.9 Å². The Morgan fingerprint density at radius 2 is 2.06 bits per heavy atom. The van der Waals surface area contributed by atoms with E-state index in [1.807, 2.05) is 20.8 Å². The monoisotopic (exact) mass is 252 g/mol. The van der Waals surface area contributed by atoms with Gasteiger partial charge in [-0.2, -0.15) is 0 Å². The molecule has 18 heavy (non-hydrogen) atoms. The van der Waals surface area contributed by atoms with Gasteiger partial charge >= 0.3 is 0 Å². The van der Waals surface area contributed by atoms with Crippen LogP contribution in [-0.2, 0) is 9.59 Å². The van der Waals surface area contributed by atoms with Crippen LogP contribution >= 0.6 is 0 Å². The lowest BCUT2D eigenvalue weighted by Gasteiger charge is -2.44. The molecule has 1 heterocycles. The summed E-state index contributed by atoms with van der Waals surface area (Å²) in [7, 11) is 0. The van der Waals surface area contributed by atoms with E-state index in [0.717, 1.165) is 5.92 Å². The van der Waals surface area contributed by atoms with Crippen molar-refractivity contribution in [3.63, 3.8) is 0 Å². The average molecular weight is 252 g/mol. The first-order valence-corrected chi connectivity index (χ1v) is 7.02. The zero-order valence-corrected chi connectivity index (χ0v) is 11.8. The maximum absolute atomic E-state index is 12.5. The zero-order valence-electron chi connectivity index (χ0n) is 11.8. The predicted octanol–water partition coefficient (Wildman–Crippen LogP) is 1.55. The molecule has 0 aromatic carbocycles. The Morgan fingerprint density at radius 1 is 1.44 bits per heavy atom. The first-order valence-electron chi connectivity index (χ1n) is 7.02. The first-order chi connectivity index (χ1) is 8.39. The van der Waals surface area contributed by atoms with Crippen LogP contribution in [0.3, 0.4) is 0 Å². The summed E-state index contributed by atoms with van der Waals surface area (Å²) in [5.74, 6) is 1.30. The van der Waals surface area contributed by atoms with E-state index in [1.165, 1.54) is 12.8 Å². The summed E-state index contributed by atoms with van der Waals surface area (Å²) in [6.07, 6.45) is 3.18. The van der Waals surface area contributed by atoms with E-state index in [1.54, 1.807) is 4.90 Å². The fourth-order valence-corrected chi connectivity index (χ4v) is 2.67. The van der Waals surface area contributed by atoms with Gasteiger partial charge in [0.1, 0.15) is 11.6 Å². The fraction of sp³-hybridized carbons (Fsp3) is 0.857. The van der Waals surface area contributed by atoms with Crippen LogP contribution < -0.4 is 5.32 Å². The summed E-state index contributed by atoms with van der Waals surface area (Å²) in [4.78, 5) is 26.3. The molecule has 2 fully saturated rings. The van der Waals surface area contributed by atoms with Crippen molar-refractivity contribution in [1.29, 1.82) is 0 Å². The van der Waals surface area contributed by atoms with Gasteiger partial charge in [-0.3, -0.25) is 9.59 Å². The number of nitrogens with zero attached hydrogens (tertiary/aromatic N) is 1. The highest BCUT2D eigenvalue weighted by molar-refractivity contribution is 5.99. The minimum Gasteiger partial charge on any atom is -0.340 e. The highest BCUT2D eigenvalue weighted by atomic mass is 16.2. The Kier molecular flexibility index (Phi) is 3.39. The zero-order chi connectivity index (χ0) is 13.5. The van der Waals surface area contributed by atoms with Crippen molar-refractivity contribution < 1.29 is 9.59 Å². The number of hydrogen-bond donors (Lipinski definition) is 1.